The Morgan fingerprint density at radius 3 is 2.66 bits per heavy atom. The smallest absolute Gasteiger partial charge is 0.358 e. The zero-order valence-corrected chi connectivity index (χ0v) is 21.4. The van der Waals surface area contributed by atoms with Crippen LogP contribution in [0.3, 0.4) is 0 Å². The van der Waals surface area contributed by atoms with Crippen molar-refractivity contribution in [3.63, 3.8) is 0 Å². The van der Waals surface area contributed by atoms with Gasteiger partial charge in [-0.25, -0.2) is 14.8 Å². The predicted molar refractivity (Wildman–Crippen MR) is 138 cm³/mol. The molecule has 2 aromatic heterocycles. The number of unbranched alkanes of at least 4 members (excludes halogenated alkanes) is 2. The standard InChI is InChI=1S/C27H31ClN4O3/c1-5-7-8-13-35-21-11-9-20(22(28)15-21)16-32-18(4)30-23-12-10-19(14-24(23)32)26-29-17(3)25(31-26)27(33)34-6-2/h9-12,14-15H,5-8,13,16H2,1-4H3,(H,29,31). The normalized spacial score (nSPS) is 11.2. The van der Waals surface area contributed by atoms with Crippen molar-refractivity contribution in [2.24, 2.45) is 0 Å². The number of aromatic amines is 1. The number of nitrogens with zero attached hydrogens (tertiary/aromatic N) is 3. The van der Waals surface area contributed by atoms with Crippen LogP contribution in [0.4, 0.5) is 0 Å². The van der Waals surface area contributed by atoms with Crippen molar-refractivity contribution < 1.29 is 14.3 Å². The number of carbonyl (C=O) groups is 1. The van der Waals surface area contributed by atoms with Crippen molar-refractivity contribution in [1.29, 1.82) is 0 Å². The van der Waals surface area contributed by atoms with Crippen LogP contribution >= 0.6 is 11.6 Å². The van der Waals surface area contributed by atoms with Gasteiger partial charge in [-0.3, -0.25) is 0 Å². The van der Waals surface area contributed by atoms with Gasteiger partial charge in [-0.1, -0.05) is 37.4 Å². The number of halogens is 1. The van der Waals surface area contributed by atoms with Crippen LogP contribution in [-0.2, 0) is 11.3 Å². The Morgan fingerprint density at radius 2 is 1.91 bits per heavy atom. The minimum absolute atomic E-state index is 0.301. The Hall–Kier alpha value is -3.32. The number of rotatable bonds is 10. The first-order chi connectivity index (χ1) is 16.9. The quantitative estimate of drug-likeness (QED) is 0.201. The molecule has 0 amide bonds. The minimum Gasteiger partial charge on any atom is -0.494 e. The van der Waals surface area contributed by atoms with E-state index in [0.29, 0.717) is 42.0 Å². The molecule has 0 spiro atoms. The van der Waals surface area contributed by atoms with Crippen LogP contribution in [-0.4, -0.2) is 38.7 Å². The van der Waals surface area contributed by atoms with E-state index in [2.05, 4.69) is 21.5 Å². The van der Waals surface area contributed by atoms with Gasteiger partial charge in [-0.05, 0) is 63.1 Å². The molecular weight excluding hydrogens is 464 g/mol. The zero-order chi connectivity index (χ0) is 24.9. The van der Waals surface area contributed by atoms with Gasteiger partial charge in [-0.15, -0.1) is 0 Å². The second-order valence-electron chi connectivity index (χ2n) is 8.54. The lowest BCUT2D eigenvalue weighted by atomic mass is 10.1. The second kappa shape index (κ2) is 11.0. The van der Waals surface area contributed by atoms with E-state index in [9.17, 15) is 4.79 Å². The van der Waals surface area contributed by atoms with Gasteiger partial charge in [0.2, 0.25) is 0 Å². The van der Waals surface area contributed by atoms with Crippen LogP contribution in [0.15, 0.2) is 36.4 Å². The summed E-state index contributed by atoms with van der Waals surface area (Å²) in [6.45, 7) is 9.32. The van der Waals surface area contributed by atoms with Crippen LogP contribution in [0, 0.1) is 13.8 Å². The number of hydrogen-bond donors (Lipinski definition) is 1. The average molecular weight is 495 g/mol. The molecule has 4 aromatic rings. The van der Waals surface area contributed by atoms with E-state index in [-0.39, 0.29) is 0 Å². The summed E-state index contributed by atoms with van der Waals surface area (Å²) in [5, 5.41) is 0.663. The molecule has 4 rings (SSSR count). The SMILES string of the molecule is CCCCCOc1ccc(Cn2c(C)nc3ccc(-c4nc(C(=O)OCC)c(C)[nH]4)cc32)c(Cl)c1. The molecule has 0 bridgehead atoms. The molecule has 35 heavy (non-hydrogen) atoms. The number of carbonyl (C=O) groups excluding carboxylic acids is 1. The summed E-state index contributed by atoms with van der Waals surface area (Å²) >= 11 is 6.62. The highest BCUT2D eigenvalue weighted by molar-refractivity contribution is 6.31. The molecule has 1 N–H and O–H groups in total. The molecule has 184 valence electrons. The first-order valence-corrected chi connectivity index (χ1v) is 12.4. The van der Waals surface area contributed by atoms with Crippen molar-refractivity contribution >= 4 is 28.6 Å². The zero-order valence-electron chi connectivity index (χ0n) is 20.7. The molecule has 0 aliphatic carbocycles. The summed E-state index contributed by atoms with van der Waals surface area (Å²) in [6, 6.07) is 11.8. The summed E-state index contributed by atoms with van der Waals surface area (Å²) in [5.74, 6) is 1.85. The highest BCUT2D eigenvalue weighted by Crippen LogP contribution is 2.28. The van der Waals surface area contributed by atoms with Crippen molar-refractivity contribution in [1.82, 2.24) is 19.5 Å². The largest absolute Gasteiger partial charge is 0.494 e. The number of aromatic nitrogens is 4. The van der Waals surface area contributed by atoms with Crippen LogP contribution in [0.2, 0.25) is 5.02 Å². The number of benzene rings is 2. The lowest BCUT2D eigenvalue weighted by Gasteiger charge is -2.12. The van der Waals surface area contributed by atoms with Crippen molar-refractivity contribution in [3.05, 3.63) is 64.2 Å². The number of H-pyrrole nitrogens is 1. The molecule has 0 radical (unpaired) electrons. The summed E-state index contributed by atoms with van der Waals surface area (Å²) in [7, 11) is 0. The van der Waals surface area contributed by atoms with Gasteiger partial charge in [0.05, 0.1) is 30.8 Å². The molecule has 0 saturated heterocycles. The Balaban J connectivity index is 1.60. The van der Waals surface area contributed by atoms with Crippen LogP contribution in [0.1, 0.15) is 60.7 Å². The van der Waals surface area contributed by atoms with E-state index >= 15 is 0 Å². The number of aryl methyl sites for hydroxylation is 2. The van der Waals surface area contributed by atoms with Crippen molar-refractivity contribution in [2.75, 3.05) is 13.2 Å². The molecule has 8 heteroatoms. The fraction of sp³-hybridized carbons (Fsp3) is 0.370. The molecule has 0 saturated carbocycles. The molecule has 2 aromatic carbocycles. The van der Waals surface area contributed by atoms with E-state index < -0.39 is 5.97 Å². The maximum Gasteiger partial charge on any atom is 0.358 e. The Kier molecular flexibility index (Phi) is 7.76. The molecule has 0 atom stereocenters. The molecule has 0 aliphatic heterocycles. The number of nitrogens with one attached hydrogen (secondary N) is 1. The molecule has 2 heterocycles. The molecule has 0 fully saturated rings. The maximum atomic E-state index is 12.2. The molecule has 7 nitrogen and oxygen atoms in total. The molecule has 0 unspecified atom stereocenters. The van der Waals surface area contributed by atoms with Gasteiger partial charge >= 0.3 is 5.97 Å². The second-order valence-corrected chi connectivity index (χ2v) is 8.94. The van der Waals surface area contributed by atoms with Gasteiger partial charge in [0.15, 0.2) is 5.69 Å². The minimum atomic E-state index is -0.429. The lowest BCUT2D eigenvalue weighted by molar-refractivity contribution is 0.0519. The van der Waals surface area contributed by atoms with Gasteiger partial charge in [0, 0.05) is 16.3 Å². The third kappa shape index (κ3) is 5.51. The number of hydrogen-bond acceptors (Lipinski definition) is 5. The van der Waals surface area contributed by atoms with Crippen molar-refractivity contribution in [2.45, 2.75) is 53.5 Å². The number of fused-ring (bicyclic) bond motifs is 1. The summed E-state index contributed by atoms with van der Waals surface area (Å²) in [4.78, 5) is 24.6. The number of esters is 1. The van der Waals surface area contributed by atoms with Crippen LogP contribution < -0.4 is 4.74 Å². The fourth-order valence-corrected chi connectivity index (χ4v) is 4.27. The van der Waals surface area contributed by atoms with E-state index in [1.807, 2.05) is 50.2 Å². The summed E-state index contributed by atoms with van der Waals surface area (Å²) in [6.07, 6.45) is 3.35. The Labute approximate surface area is 210 Å². The van der Waals surface area contributed by atoms with E-state index in [0.717, 1.165) is 53.0 Å². The fourth-order valence-electron chi connectivity index (χ4n) is 4.04. The average Bonchev–Trinajstić information content (AvgIpc) is 3.37. The van der Waals surface area contributed by atoms with E-state index in [1.165, 1.54) is 0 Å². The van der Waals surface area contributed by atoms with Gasteiger partial charge in [-0.2, -0.15) is 0 Å². The van der Waals surface area contributed by atoms with Gasteiger partial charge < -0.3 is 19.0 Å². The highest BCUT2D eigenvalue weighted by atomic mass is 35.5. The molecular formula is C27H31ClN4O3. The van der Waals surface area contributed by atoms with Crippen LogP contribution in [0.25, 0.3) is 22.4 Å². The Morgan fingerprint density at radius 1 is 1.09 bits per heavy atom. The third-order valence-electron chi connectivity index (χ3n) is 5.94. The first kappa shape index (κ1) is 24.8. The number of ether oxygens (including phenoxy) is 2. The van der Waals surface area contributed by atoms with Crippen molar-refractivity contribution in [3.8, 4) is 17.1 Å². The third-order valence-corrected chi connectivity index (χ3v) is 6.29. The monoisotopic (exact) mass is 494 g/mol. The van der Waals surface area contributed by atoms with E-state index in [1.54, 1.807) is 6.92 Å². The molecule has 0 aliphatic rings. The topological polar surface area (TPSA) is 82.0 Å². The van der Waals surface area contributed by atoms with Gasteiger partial charge in [0.1, 0.15) is 17.4 Å². The summed E-state index contributed by atoms with van der Waals surface area (Å²) in [5.41, 5.74) is 4.66. The number of imidazole rings is 2. The first-order valence-electron chi connectivity index (χ1n) is 12.0. The Bertz CT molecular complexity index is 1340. The van der Waals surface area contributed by atoms with Crippen LogP contribution in [0.5, 0.6) is 5.75 Å². The summed E-state index contributed by atoms with van der Waals surface area (Å²) < 4.78 is 13.1. The van der Waals surface area contributed by atoms with Gasteiger partial charge in [0.25, 0.3) is 0 Å². The lowest BCUT2D eigenvalue weighted by Crippen LogP contribution is -2.06. The predicted octanol–water partition coefficient (Wildman–Crippen LogP) is 6.49. The maximum absolute atomic E-state index is 12.2. The highest BCUT2D eigenvalue weighted by Gasteiger charge is 2.18. The van der Waals surface area contributed by atoms with E-state index in [4.69, 9.17) is 26.1 Å².